The first kappa shape index (κ1) is 13.5. The zero-order valence-corrected chi connectivity index (χ0v) is 11.0. The van der Waals surface area contributed by atoms with Crippen molar-refractivity contribution < 1.29 is 4.79 Å². The third-order valence-corrected chi connectivity index (χ3v) is 2.56. The van der Waals surface area contributed by atoms with Crippen molar-refractivity contribution in [3.05, 3.63) is 23.5 Å². The maximum absolute atomic E-state index is 11.9. The lowest BCUT2D eigenvalue weighted by Gasteiger charge is -2.11. The SMILES string of the molecule is CNc1cc(C)ncc1C(=O)NCCC(C)C. The van der Waals surface area contributed by atoms with E-state index in [9.17, 15) is 4.79 Å². The van der Waals surface area contributed by atoms with Crippen molar-refractivity contribution in [3.63, 3.8) is 0 Å². The number of hydrogen-bond donors (Lipinski definition) is 2. The van der Waals surface area contributed by atoms with Crippen LogP contribution in [0.4, 0.5) is 5.69 Å². The fourth-order valence-corrected chi connectivity index (χ4v) is 1.52. The molecule has 0 aliphatic rings. The molecule has 1 heterocycles. The molecule has 0 bridgehead atoms. The van der Waals surface area contributed by atoms with Gasteiger partial charge in [-0.2, -0.15) is 0 Å². The van der Waals surface area contributed by atoms with Gasteiger partial charge in [0.25, 0.3) is 5.91 Å². The van der Waals surface area contributed by atoms with E-state index in [0.29, 0.717) is 18.0 Å². The zero-order valence-electron chi connectivity index (χ0n) is 11.0. The third-order valence-electron chi connectivity index (χ3n) is 2.56. The van der Waals surface area contributed by atoms with Crippen molar-refractivity contribution in [2.75, 3.05) is 18.9 Å². The lowest BCUT2D eigenvalue weighted by Crippen LogP contribution is -2.26. The van der Waals surface area contributed by atoms with Gasteiger partial charge >= 0.3 is 0 Å². The number of carbonyl (C=O) groups is 1. The van der Waals surface area contributed by atoms with Crippen molar-refractivity contribution in [1.29, 1.82) is 0 Å². The normalized spacial score (nSPS) is 10.4. The summed E-state index contributed by atoms with van der Waals surface area (Å²) in [5, 5.41) is 5.92. The highest BCUT2D eigenvalue weighted by Gasteiger charge is 2.11. The first-order valence-corrected chi connectivity index (χ1v) is 5.97. The van der Waals surface area contributed by atoms with Crippen LogP contribution in [0.2, 0.25) is 0 Å². The van der Waals surface area contributed by atoms with Crippen LogP contribution in [0.15, 0.2) is 12.3 Å². The van der Waals surface area contributed by atoms with Gasteiger partial charge in [-0.1, -0.05) is 13.8 Å². The summed E-state index contributed by atoms with van der Waals surface area (Å²) in [5.74, 6) is 0.526. The Labute approximate surface area is 103 Å². The van der Waals surface area contributed by atoms with Crippen LogP contribution in [0.5, 0.6) is 0 Å². The minimum atomic E-state index is -0.0671. The number of carbonyl (C=O) groups excluding carboxylic acids is 1. The van der Waals surface area contributed by atoms with Crippen molar-refractivity contribution in [2.45, 2.75) is 27.2 Å². The predicted molar refractivity (Wildman–Crippen MR) is 70.3 cm³/mol. The highest BCUT2D eigenvalue weighted by atomic mass is 16.1. The first-order chi connectivity index (χ1) is 8.04. The molecule has 0 radical (unpaired) electrons. The summed E-state index contributed by atoms with van der Waals surface area (Å²) in [6.07, 6.45) is 2.60. The number of nitrogens with one attached hydrogen (secondary N) is 2. The molecular weight excluding hydrogens is 214 g/mol. The molecule has 1 aromatic rings. The number of aromatic nitrogens is 1. The van der Waals surface area contributed by atoms with Crippen molar-refractivity contribution in [2.24, 2.45) is 5.92 Å². The van der Waals surface area contributed by atoms with Crippen LogP contribution < -0.4 is 10.6 Å². The average Bonchev–Trinajstić information content (AvgIpc) is 2.28. The zero-order chi connectivity index (χ0) is 12.8. The smallest absolute Gasteiger partial charge is 0.254 e. The van der Waals surface area contributed by atoms with Gasteiger partial charge in [0.1, 0.15) is 0 Å². The molecule has 0 aliphatic heterocycles. The first-order valence-electron chi connectivity index (χ1n) is 5.97. The molecule has 0 atom stereocenters. The summed E-state index contributed by atoms with van der Waals surface area (Å²) in [5.41, 5.74) is 2.31. The van der Waals surface area contributed by atoms with E-state index >= 15 is 0 Å². The van der Waals surface area contributed by atoms with Crippen LogP contribution >= 0.6 is 0 Å². The molecule has 0 saturated heterocycles. The van der Waals surface area contributed by atoms with Gasteiger partial charge < -0.3 is 10.6 Å². The molecule has 0 spiro atoms. The molecular formula is C13H21N3O. The predicted octanol–water partition coefficient (Wildman–Crippen LogP) is 2.21. The van der Waals surface area contributed by atoms with Gasteiger partial charge in [-0.15, -0.1) is 0 Å². The van der Waals surface area contributed by atoms with E-state index in [1.54, 1.807) is 13.2 Å². The van der Waals surface area contributed by atoms with Crippen LogP contribution in [-0.4, -0.2) is 24.5 Å². The Bertz CT molecular complexity index is 388. The number of pyridine rings is 1. The molecule has 0 unspecified atom stereocenters. The number of aryl methyl sites for hydroxylation is 1. The lowest BCUT2D eigenvalue weighted by atomic mass is 10.1. The Hall–Kier alpha value is -1.58. The molecule has 0 saturated carbocycles. The largest absolute Gasteiger partial charge is 0.387 e. The second-order valence-electron chi connectivity index (χ2n) is 4.56. The maximum Gasteiger partial charge on any atom is 0.254 e. The Morgan fingerprint density at radius 1 is 1.47 bits per heavy atom. The fourth-order valence-electron chi connectivity index (χ4n) is 1.52. The van der Waals surface area contributed by atoms with Gasteiger partial charge in [-0.05, 0) is 25.3 Å². The highest BCUT2D eigenvalue weighted by Crippen LogP contribution is 2.14. The Kier molecular flexibility index (Phi) is 4.94. The van der Waals surface area contributed by atoms with E-state index in [4.69, 9.17) is 0 Å². The van der Waals surface area contributed by atoms with Crippen LogP contribution in [0.1, 0.15) is 36.3 Å². The summed E-state index contributed by atoms with van der Waals surface area (Å²) < 4.78 is 0. The molecule has 4 nitrogen and oxygen atoms in total. The van der Waals surface area contributed by atoms with Crippen LogP contribution in [0.25, 0.3) is 0 Å². The molecule has 2 N–H and O–H groups in total. The van der Waals surface area contributed by atoms with E-state index in [1.165, 1.54) is 0 Å². The van der Waals surface area contributed by atoms with Gasteiger partial charge in [-0.25, -0.2) is 0 Å². The van der Waals surface area contributed by atoms with Gasteiger partial charge in [0.15, 0.2) is 0 Å². The minimum Gasteiger partial charge on any atom is -0.387 e. The quantitative estimate of drug-likeness (QED) is 0.822. The Balaban J connectivity index is 2.68. The van der Waals surface area contributed by atoms with Crippen LogP contribution in [0, 0.1) is 12.8 Å². The van der Waals surface area contributed by atoms with E-state index < -0.39 is 0 Å². The molecule has 94 valence electrons. The molecule has 1 amide bonds. The number of amides is 1. The minimum absolute atomic E-state index is 0.0671. The van der Waals surface area contributed by atoms with E-state index in [-0.39, 0.29) is 5.91 Å². The molecule has 0 aliphatic carbocycles. The molecule has 1 rings (SSSR count). The summed E-state index contributed by atoms with van der Waals surface area (Å²) >= 11 is 0. The molecule has 17 heavy (non-hydrogen) atoms. The maximum atomic E-state index is 11.9. The van der Waals surface area contributed by atoms with Gasteiger partial charge in [0.2, 0.25) is 0 Å². The van der Waals surface area contributed by atoms with Gasteiger partial charge in [-0.3, -0.25) is 9.78 Å². The van der Waals surface area contributed by atoms with Crippen LogP contribution in [0.3, 0.4) is 0 Å². The number of rotatable bonds is 5. The highest BCUT2D eigenvalue weighted by molar-refractivity contribution is 5.99. The second-order valence-corrected chi connectivity index (χ2v) is 4.56. The van der Waals surface area contributed by atoms with E-state index in [2.05, 4.69) is 29.5 Å². The number of anilines is 1. The van der Waals surface area contributed by atoms with E-state index in [1.807, 2.05) is 13.0 Å². The van der Waals surface area contributed by atoms with Gasteiger partial charge in [0.05, 0.1) is 11.3 Å². The lowest BCUT2D eigenvalue weighted by molar-refractivity contribution is 0.0952. The van der Waals surface area contributed by atoms with Gasteiger partial charge in [0, 0.05) is 25.5 Å². The van der Waals surface area contributed by atoms with Crippen molar-refractivity contribution in [1.82, 2.24) is 10.3 Å². The van der Waals surface area contributed by atoms with E-state index in [0.717, 1.165) is 17.8 Å². The van der Waals surface area contributed by atoms with Crippen molar-refractivity contribution >= 4 is 11.6 Å². The van der Waals surface area contributed by atoms with Crippen LogP contribution in [-0.2, 0) is 0 Å². The molecule has 0 fully saturated rings. The average molecular weight is 235 g/mol. The Morgan fingerprint density at radius 2 is 2.18 bits per heavy atom. The topological polar surface area (TPSA) is 54.0 Å². The molecule has 0 aromatic carbocycles. The van der Waals surface area contributed by atoms with Crippen molar-refractivity contribution in [3.8, 4) is 0 Å². The molecule has 4 heteroatoms. The summed E-state index contributed by atoms with van der Waals surface area (Å²) in [4.78, 5) is 16.1. The monoisotopic (exact) mass is 235 g/mol. The Morgan fingerprint density at radius 3 is 2.76 bits per heavy atom. The number of nitrogens with zero attached hydrogens (tertiary/aromatic N) is 1. The molecule has 1 aromatic heterocycles. The standard InChI is InChI=1S/C13H21N3O/c1-9(2)5-6-15-13(17)11-8-16-10(3)7-12(11)14-4/h7-9H,5-6H2,1-4H3,(H,14,16)(H,15,17). The second kappa shape index (κ2) is 6.23. The summed E-state index contributed by atoms with van der Waals surface area (Å²) in [6.45, 7) is 6.88. The fraction of sp³-hybridized carbons (Fsp3) is 0.538. The summed E-state index contributed by atoms with van der Waals surface area (Å²) in [6, 6.07) is 1.87. The number of hydrogen-bond acceptors (Lipinski definition) is 3. The third kappa shape index (κ3) is 4.06. The summed E-state index contributed by atoms with van der Waals surface area (Å²) in [7, 11) is 1.81.